The van der Waals surface area contributed by atoms with Crippen molar-refractivity contribution in [3.63, 3.8) is 0 Å². The van der Waals surface area contributed by atoms with Crippen molar-refractivity contribution in [2.75, 3.05) is 23.7 Å². The minimum absolute atomic E-state index is 0.744. The Morgan fingerprint density at radius 1 is 1.26 bits per heavy atom. The van der Waals surface area contributed by atoms with Crippen molar-refractivity contribution in [1.29, 1.82) is 0 Å². The first kappa shape index (κ1) is 12.3. The van der Waals surface area contributed by atoms with Crippen LogP contribution in [-0.2, 0) is 0 Å². The van der Waals surface area contributed by atoms with Gasteiger partial charge in [-0.2, -0.15) is 0 Å². The molecule has 0 bridgehead atoms. The lowest BCUT2D eigenvalue weighted by Gasteiger charge is -2.32. The summed E-state index contributed by atoms with van der Waals surface area (Å²) in [5, 5.41) is 2.31. The van der Waals surface area contributed by atoms with Gasteiger partial charge in [-0.15, -0.1) is 0 Å². The molecule has 0 amide bonds. The zero-order valence-corrected chi connectivity index (χ0v) is 11.7. The summed E-state index contributed by atoms with van der Waals surface area (Å²) in [4.78, 5) is 7.01. The number of benzene rings is 1. The van der Waals surface area contributed by atoms with E-state index in [0.717, 1.165) is 41.5 Å². The van der Waals surface area contributed by atoms with Gasteiger partial charge in [-0.25, -0.2) is 4.98 Å². The maximum atomic E-state index is 6.20. The Morgan fingerprint density at radius 3 is 2.89 bits per heavy atom. The molecule has 2 N–H and O–H groups in total. The molecule has 1 aromatic carbocycles. The van der Waals surface area contributed by atoms with Crippen LogP contribution < -0.4 is 10.6 Å². The number of aromatic nitrogens is 1. The summed E-state index contributed by atoms with van der Waals surface area (Å²) in [6.45, 7) is 6.57. The molecule has 1 saturated heterocycles. The van der Waals surface area contributed by atoms with Gasteiger partial charge >= 0.3 is 0 Å². The number of hydrogen-bond acceptors (Lipinski definition) is 3. The highest BCUT2D eigenvalue weighted by Gasteiger charge is 2.19. The van der Waals surface area contributed by atoms with Crippen molar-refractivity contribution in [1.82, 2.24) is 4.98 Å². The van der Waals surface area contributed by atoms with Crippen LogP contribution in [0.3, 0.4) is 0 Å². The summed E-state index contributed by atoms with van der Waals surface area (Å²) >= 11 is 0. The zero-order chi connectivity index (χ0) is 13.4. The molecule has 0 saturated carbocycles. The van der Waals surface area contributed by atoms with Crippen molar-refractivity contribution < 1.29 is 0 Å². The fourth-order valence-corrected chi connectivity index (χ4v) is 3.01. The molecule has 1 aliphatic heterocycles. The van der Waals surface area contributed by atoms with E-state index in [0.29, 0.717) is 0 Å². The Morgan fingerprint density at radius 2 is 2.11 bits per heavy atom. The lowest BCUT2D eigenvalue weighted by Crippen LogP contribution is -2.34. The predicted molar refractivity (Wildman–Crippen MR) is 81.5 cm³/mol. The molecule has 1 unspecified atom stereocenters. The van der Waals surface area contributed by atoms with E-state index >= 15 is 0 Å². The van der Waals surface area contributed by atoms with Gasteiger partial charge < -0.3 is 10.6 Å². The van der Waals surface area contributed by atoms with Crippen LogP contribution in [0.4, 0.5) is 11.5 Å². The first-order valence-electron chi connectivity index (χ1n) is 7.05. The van der Waals surface area contributed by atoms with Crippen molar-refractivity contribution in [3.8, 4) is 0 Å². The van der Waals surface area contributed by atoms with Gasteiger partial charge in [0.1, 0.15) is 5.82 Å². The predicted octanol–water partition coefficient (Wildman–Crippen LogP) is 3.36. The quantitative estimate of drug-likeness (QED) is 0.794. The molecule has 0 radical (unpaired) electrons. The Balaban J connectivity index is 2.11. The molecule has 0 spiro atoms. The average molecular weight is 255 g/mol. The maximum absolute atomic E-state index is 6.20. The third kappa shape index (κ3) is 2.14. The molecule has 2 aromatic rings. The van der Waals surface area contributed by atoms with Crippen molar-refractivity contribution in [3.05, 3.63) is 30.0 Å². The van der Waals surface area contributed by atoms with E-state index < -0.39 is 0 Å². The van der Waals surface area contributed by atoms with E-state index in [1.165, 1.54) is 18.2 Å². The number of pyridine rings is 1. The average Bonchev–Trinajstić information content (AvgIpc) is 2.42. The number of rotatable bonds is 1. The fourth-order valence-electron chi connectivity index (χ4n) is 3.01. The lowest BCUT2D eigenvalue weighted by atomic mass is 9.99. The molecule has 100 valence electrons. The number of nitrogens with zero attached hydrogens (tertiary/aromatic N) is 2. The monoisotopic (exact) mass is 255 g/mol. The number of fused-ring (bicyclic) bond motifs is 1. The van der Waals surface area contributed by atoms with Crippen LogP contribution >= 0.6 is 0 Å². The highest BCUT2D eigenvalue weighted by Crippen LogP contribution is 2.32. The largest absolute Gasteiger partial charge is 0.398 e. The van der Waals surface area contributed by atoms with Gasteiger partial charge in [0, 0.05) is 35.7 Å². The van der Waals surface area contributed by atoms with Gasteiger partial charge in [0.15, 0.2) is 0 Å². The molecular weight excluding hydrogens is 234 g/mol. The summed E-state index contributed by atoms with van der Waals surface area (Å²) in [5.41, 5.74) is 8.21. The summed E-state index contributed by atoms with van der Waals surface area (Å²) < 4.78 is 0. The number of piperidine rings is 1. The second kappa shape index (κ2) is 4.72. The summed E-state index contributed by atoms with van der Waals surface area (Å²) in [6.07, 6.45) is 4.45. The molecule has 3 rings (SSSR count). The number of hydrogen-bond donors (Lipinski definition) is 1. The molecular formula is C16H21N3. The van der Waals surface area contributed by atoms with E-state index in [1.807, 2.05) is 12.3 Å². The molecule has 1 aromatic heterocycles. The van der Waals surface area contributed by atoms with Crippen molar-refractivity contribution in [2.45, 2.75) is 26.7 Å². The van der Waals surface area contributed by atoms with Crippen LogP contribution in [0.1, 0.15) is 25.3 Å². The third-order valence-electron chi connectivity index (χ3n) is 4.14. The van der Waals surface area contributed by atoms with Crippen LogP contribution in [-0.4, -0.2) is 18.1 Å². The second-order valence-corrected chi connectivity index (χ2v) is 5.72. The van der Waals surface area contributed by atoms with Gasteiger partial charge in [-0.1, -0.05) is 19.1 Å². The molecule has 2 heterocycles. The number of nitrogen functional groups attached to an aromatic ring is 1. The molecule has 1 atom stereocenters. The number of nitrogens with two attached hydrogens (primary N) is 1. The second-order valence-electron chi connectivity index (χ2n) is 5.72. The SMILES string of the molecule is Cc1ccc2c(N3CCCC(C)C3)nccc2c1N. The van der Waals surface area contributed by atoms with Gasteiger partial charge in [0.05, 0.1) is 0 Å². The number of aryl methyl sites for hydroxylation is 1. The molecule has 3 nitrogen and oxygen atoms in total. The first-order chi connectivity index (χ1) is 9.16. The van der Waals surface area contributed by atoms with Gasteiger partial charge in [0.25, 0.3) is 0 Å². The zero-order valence-electron chi connectivity index (χ0n) is 11.7. The molecule has 3 heteroatoms. The molecule has 1 fully saturated rings. The molecule has 1 aliphatic rings. The minimum Gasteiger partial charge on any atom is -0.398 e. The van der Waals surface area contributed by atoms with E-state index in [4.69, 9.17) is 5.73 Å². The maximum Gasteiger partial charge on any atom is 0.136 e. The van der Waals surface area contributed by atoms with E-state index in [9.17, 15) is 0 Å². The van der Waals surface area contributed by atoms with Gasteiger partial charge in [-0.3, -0.25) is 0 Å². The topological polar surface area (TPSA) is 42.2 Å². The van der Waals surface area contributed by atoms with Crippen LogP contribution in [0, 0.1) is 12.8 Å². The Labute approximate surface area is 114 Å². The Kier molecular flexibility index (Phi) is 3.05. The van der Waals surface area contributed by atoms with Crippen molar-refractivity contribution in [2.24, 2.45) is 5.92 Å². The summed E-state index contributed by atoms with van der Waals surface area (Å²) in [6, 6.07) is 6.27. The smallest absolute Gasteiger partial charge is 0.136 e. The van der Waals surface area contributed by atoms with E-state index in [1.54, 1.807) is 0 Å². The van der Waals surface area contributed by atoms with Crippen LogP contribution in [0.15, 0.2) is 24.4 Å². The summed E-state index contributed by atoms with van der Waals surface area (Å²) in [5.74, 6) is 1.84. The lowest BCUT2D eigenvalue weighted by molar-refractivity contribution is 0.445. The highest BCUT2D eigenvalue weighted by molar-refractivity contribution is 6.00. The highest BCUT2D eigenvalue weighted by atomic mass is 15.2. The number of anilines is 2. The molecule has 19 heavy (non-hydrogen) atoms. The summed E-state index contributed by atoms with van der Waals surface area (Å²) in [7, 11) is 0. The van der Waals surface area contributed by atoms with Crippen LogP contribution in [0.5, 0.6) is 0 Å². The van der Waals surface area contributed by atoms with Crippen LogP contribution in [0.25, 0.3) is 10.8 Å². The first-order valence-corrected chi connectivity index (χ1v) is 7.05. The van der Waals surface area contributed by atoms with E-state index in [-0.39, 0.29) is 0 Å². The van der Waals surface area contributed by atoms with Gasteiger partial charge in [0.2, 0.25) is 0 Å². The normalized spacial score (nSPS) is 19.9. The fraction of sp³-hybridized carbons (Fsp3) is 0.438. The Hall–Kier alpha value is -1.77. The van der Waals surface area contributed by atoms with Crippen molar-refractivity contribution >= 4 is 22.3 Å². The minimum atomic E-state index is 0.744. The molecule has 0 aliphatic carbocycles. The van der Waals surface area contributed by atoms with Gasteiger partial charge in [-0.05, 0) is 37.3 Å². The van der Waals surface area contributed by atoms with Crippen LogP contribution in [0.2, 0.25) is 0 Å². The third-order valence-corrected chi connectivity index (χ3v) is 4.14. The Bertz CT molecular complexity index is 606. The van der Waals surface area contributed by atoms with E-state index in [2.05, 4.69) is 35.9 Å². The standard InChI is InChI=1S/C16H21N3/c1-11-4-3-9-19(10-11)16-14-6-5-12(2)15(17)13(14)7-8-18-16/h5-8,11H,3-4,9-10,17H2,1-2H3.